The molecule has 3 unspecified atom stereocenters. The number of rotatable bonds is 5. The average molecular weight is 293 g/mol. The molecule has 0 saturated carbocycles. The monoisotopic (exact) mass is 293 g/mol. The zero-order chi connectivity index (χ0) is 15.5. The maximum atomic E-state index is 13.4. The van der Waals surface area contributed by atoms with Crippen molar-refractivity contribution in [2.45, 2.75) is 64.1 Å². The first kappa shape index (κ1) is 16.4. The molecule has 1 fully saturated rings. The van der Waals surface area contributed by atoms with Crippen molar-refractivity contribution in [1.29, 1.82) is 0 Å². The fourth-order valence-corrected chi connectivity index (χ4v) is 3.21. The highest BCUT2D eigenvalue weighted by molar-refractivity contribution is 5.19. The lowest BCUT2D eigenvalue weighted by Crippen LogP contribution is -2.63. The molecule has 1 saturated heterocycles. The van der Waals surface area contributed by atoms with Gasteiger partial charge in [-0.2, -0.15) is 0 Å². The van der Waals surface area contributed by atoms with E-state index in [1.165, 1.54) is 25.3 Å². The molecular weight excluding hydrogens is 265 g/mol. The fourth-order valence-electron chi connectivity index (χ4n) is 3.21. The van der Waals surface area contributed by atoms with E-state index >= 15 is 0 Å². The Morgan fingerprint density at radius 2 is 2.00 bits per heavy atom. The number of nitrogens with two attached hydrogens (primary N) is 1. The van der Waals surface area contributed by atoms with E-state index in [-0.39, 0.29) is 11.4 Å². The van der Waals surface area contributed by atoms with Crippen LogP contribution in [-0.4, -0.2) is 29.2 Å². The number of halogens is 1. The number of nitrogens with zero attached hydrogens (tertiary/aromatic N) is 1. The molecule has 0 aliphatic carbocycles. The van der Waals surface area contributed by atoms with E-state index in [0.29, 0.717) is 18.6 Å². The maximum absolute atomic E-state index is 13.4. The van der Waals surface area contributed by atoms with Gasteiger partial charge in [-0.1, -0.05) is 18.6 Å². The SMILES string of the molecule is CC1CCCC(C)N1NC(C)(CN)Cc1cccc(F)c1. The Labute approximate surface area is 127 Å². The molecule has 0 radical (unpaired) electrons. The molecule has 0 aromatic heterocycles. The lowest BCUT2D eigenvalue weighted by molar-refractivity contribution is 0.00664. The first-order valence-corrected chi connectivity index (χ1v) is 7.94. The van der Waals surface area contributed by atoms with E-state index in [4.69, 9.17) is 5.73 Å². The minimum absolute atomic E-state index is 0.188. The Morgan fingerprint density at radius 1 is 1.33 bits per heavy atom. The van der Waals surface area contributed by atoms with Crippen LogP contribution in [0.15, 0.2) is 24.3 Å². The van der Waals surface area contributed by atoms with E-state index in [1.807, 2.05) is 6.07 Å². The van der Waals surface area contributed by atoms with Crippen molar-refractivity contribution in [3.8, 4) is 0 Å². The molecule has 1 aromatic rings. The van der Waals surface area contributed by atoms with Crippen LogP contribution >= 0.6 is 0 Å². The number of hydrogen-bond donors (Lipinski definition) is 2. The van der Waals surface area contributed by atoms with Gasteiger partial charge in [0.2, 0.25) is 0 Å². The van der Waals surface area contributed by atoms with Crippen LogP contribution in [0.3, 0.4) is 0 Å². The van der Waals surface area contributed by atoms with Crippen LogP contribution < -0.4 is 11.2 Å². The van der Waals surface area contributed by atoms with Crippen molar-refractivity contribution >= 4 is 0 Å². The summed E-state index contributed by atoms with van der Waals surface area (Å²) in [7, 11) is 0. The van der Waals surface area contributed by atoms with Gasteiger partial charge < -0.3 is 5.73 Å². The zero-order valence-corrected chi connectivity index (χ0v) is 13.4. The van der Waals surface area contributed by atoms with E-state index in [2.05, 4.69) is 31.2 Å². The third-order valence-electron chi connectivity index (χ3n) is 4.53. The van der Waals surface area contributed by atoms with E-state index in [9.17, 15) is 4.39 Å². The van der Waals surface area contributed by atoms with Crippen molar-refractivity contribution in [1.82, 2.24) is 10.4 Å². The Bertz CT molecular complexity index is 455. The molecule has 1 aliphatic heterocycles. The molecule has 3 N–H and O–H groups in total. The molecule has 1 aliphatic rings. The summed E-state index contributed by atoms with van der Waals surface area (Å²) in [6.45, 7) is 7.13. The quantitative estimate of drug-likeness (QED) is 0.877. The van der Waals surface area contributed by atoms with Gasteiger partial charge in [-0.25, -0.2) is 14.8 Å². The molecular formula is C17H28FN3. The highest BCUT2D eigenvalue weighted by Crippen LogP contribution is 2.23. The minimum atomic E-state index is -0.256. The van der Waals surface area contributed by atoms with Crippen molar-refractivity contribution in [3.05, 3.63) is 35.6 Å². The van der Waals surface area contributed by atoms with E-state index in [0.717, 1.165) is 12.0 Å². The number of hydrazine groups is 1. The summed E-state index contributed by atoms with van der Waals surface area (Å²) in [6.07, 6.45) is 4.41. The number of benzene rings is 1. The number of piperidine rings is 1. The predicted octanol–water partition coefficient (Wildman–Crippen LogP) is 2.85. The smallest absolute Gasteiger partial charge is 0.123 e. The first-order chi connectivity index (χ1) is 9.93. The van der Waals surface area contributed by atoms with Crippen LogP contribution in [0, 0.1) is 5.82 Å². The Hall–Kier alpha value is -0.970. The van der Waals surface area contributed by atoms with E-state index in [1.54, 1.807) is 12.1 Å². The fraction of sp³-hybridized carbons (Fsp3) is 0.647. The predicted molar refractivity (Wildman–Crippen MR) is 85.3 cm³/mol. The molecule has 3 nitrogen and oxygen atoms in total. The topological polar surface area (TPSA) is 41.3 Å². The van der Waals surface area contributed by atoms with Gasteiger partial charge in [-0.05, 0) is 57.7 Å². The Balaban J connectivity index is 2.09. The molecule has 4 heteroatoms. The molecule has 1 aromatic carbocycles. The van der Waals surface area contributed by atoms with E-state index < -0.39 is 0 Å². The van der Waals surface area contributed by atoms with Gasteiger partial charge in [0.05, 0.1) is 0 Å². The van der Waals surface area contributed by atoms with Crippen molar-refractivity contribution in [3.63, 3.8) is 0 Å². The van der Waals surface area contributed by atoms with Gasteiger partial charge >= 0.3 is 0 Å². The molecule has 3 atom stereocenters. The maximum Gasteiger partial charge on any atom is 0.123 e. The van der Waals surface area contributed by atoms with Crippen LogP contribution in [0.5, 0.6) is 0 Å². The second-order valence-corrected chi connectivity index (χ2v) is 6.72. The van der Waals surface area contributed by atoms with Crippen LogP contribution in [0.25, 0.3) is 0 Å². The van der Waals surface area contributed by atoms with Crippen molar-refractivity contribution in [2.24, 2.45) is 5.73 Å². The van der Waals surface area contributed by atoms with Crippen LogP contribution in [0.1, 0.15) is 45.6 Å². The minimum Gasteiger partial charge on any atom is -0.329 e. The normalized spacial score (nSPS) is 26.5. The molecule has 21 heavy (non-hydrogen) atoms. The third kappa shape index (κ3) is 4.25. The second-order valence-electron chi connectivity index (χ2n) is 6.72. The van der Waals surface area contributed by atoms with Crippen molar-refractivity contribution < 1.29 is 4.39 Å². The largest absolute Gasteiger partial charge is 0.329 e. The molecule has 0 bridgehead atoms. The molecule has 0 spiro atoms. The van der Waals surface area contributed by atoms with Crippen molar-refractivity contribution in [2.75, 3.05) is 6.54 Å². The van der Waals surface area contributed by atoms with Gasteiger partial charge in [0.25, 0.3) is 0 Å². The summed E-state index contributed by atoms with van der Waals surface area (Å²) < 4.78 is 13.4. The van der Waals surface area contributed by atoms with Gasteiger partial charge in [0.1, 0.15) is 5.82 Å². The summed E-state index contributed by atoms with van der Waals surface area (Å²) >= 11 is 0. The highest BCUT2D eigenvalue weighted by Gasteiger charge is 2.32. The second kappa shape index (κ2) is 6.86. The Morgan fingerprint density at radius 3 is 2.57 bits per heavy atom. The zero-order valence-electron chi connectivity index (χ0n) is 13.4. The van der Waals surface area contributed by atoms with Crippen LogP contribution in [0.4, 0.5) is 4.39 Å². The van der Waals surface area contributed by atoms with Crippen LogP contribution in [0.2, 0.25) is 0 Å². The summed E-state index contributed by atoms with van der Waals surface area (Å²) in [5.74, 6) is -0.188. The lowest BCUT2D eigenvalue weighted by Gasteiger charge is -2.45. The van der Waals surface area contributed by atoms with Gasteiger partial charge in [-0.15, -0.1) is 0 Å². The molecule has 1 heterocycles. The summed E-state index contributed by atoms with van der Waals surface area (Å²) in [4.78, 5) is 0. The van der Waals surface area contributed by atoms with Gasteiger partial charge in [-0.3, -0.25) is 0 Å². The van der Waals surface area contributed by atoms with Gasteiger partial charge in [0.15, 0.2) is 0 Å². The summed E-state index contributed by atoms with van der Waals surface area (Å²) in [6, 6.07) is 7.80. The summed E-state index contributed by atoms with van der Waals surface area (Å²) in [5, 5.41) is 2.34. The molecule has 118 valence electrons. The standard InChI is InChI=1S/C17H28FN3/c1-13-6-4-7-14(2)21(13)20-17(3,12-19)11-15-8-5-9-16(18)10-15/h5,8-10,13-14,20H,4,6-7,11-12,19H2,1-3H3. The molecule has 2 rings (SSSR count). The summed E-state index contributed by atoms with van der Waals surface area (Å²) in [5.41, 5.74) is 10.4. The third-order valence-corrected chi connectivity index (χ3v) is 4.53. The average Bonchev–Trinajstić information content (AvgIpc) is 2.43. The highest BCUT2D eigenvalue weighted by atomic mass is 19.1. The lowest BCUT2D eigenvalue weighted by atomic mass is 9.92. The van der Waals surface area contributed by atoms with Gasteiger partial charge in [0, 0.05) is 24.2 Å². The number of nitrogens with one attached hydrogen (secondary N) is 1. The van der Waals surface area contributed by atoms with Crippen LogP contribution in [-0.2, 0) is 6.42 Å². The Kier molecular flexibility index (Phi) is 5.36. The molecule has 0 amide bonds. The first-order valence-electron chi connectivity index (χ1n) is 7.94. The number of hydrogen-bond acceptors (Lipinski definition) is 3.